The summed E-state index contributed by atoms with van der Waals surface area (Å²) in [4.78, 5) is 0. The normalized spacial score (nSPS) is 13.8. The monoisotopic (exact) mass is 192 g/mol. The van der Waals surface area contributed by atoms with Gasteiger partial charge in [0, 0.05) is 25.4 Å². The van der Waals surface area contributed by atoms with Gasteiger partial charge in [-0.1, -0.05) is 13.3 Å². The molecule has 74 valence electrons. The Balaban J connectivity index is 3.47. The third-order valence-corrected chi connectivity index (χ3v) is 4.52. The van der Waals surface area contributed by atoms with Crippen molar-refractivity contribution in [3.63, 3.8) is 0 Å². The molecule has 0 rings (SSSR count). The Hall–Kier alpha value is 0.0969. The van der Waals surface area contributed by atoms with E-state index < -0.39 is 9.04 Å². The Bertz CT molecular complexity index is 96.3. The number of aliphatic hydroxyl groups is 2. The number of hydrogen-bond acceptors (Lipinski definition) is 3. The van der Waals surface area contributed by atoms with E-state index in [9.17, 15) is 0 Å². The molecule has 0 aliphatic heterocycles. The predicted molar refractivity (Wildman–Crippen MR) is 51.8 cm³/mol. The summed E-state index contributed by atoms with van der Waals surface area (Å²) in [6.07, 6.45) is 2.20. The van der Waals surface area contributed by atoms with E-state index in [1.165, 1.54) is 0 Å². The van der Waals surface area contributed by atoms with Gasteiger partial charge in [0.05, 0.1) is 0 Å². The van der Waals surface area contributed by atoms with Crippen molar-refractivity contribution >= 4 is 9.04 Å². The van der Waals surface area contributed by atoms with E-state index in [0.717, 1.165) is 19.4 Å². The second-order valence-corrected chi connectivity index (χ2v) is 5.74. The first-order valence-electron chi connectivity index (χ1n) is 4.59. The lowest BCUT2D eigenvalue weighted by Crippen LogP contribution is -2.26. The van der Waals surface area contributed by atoms with Gasteiger partial charge in [-0.25, -0.2) is 0 Å². The van der Waals surface area contributed by atoms with Crippen LogP contribution in [-0.2, 0) is 4.43 Å². The summed E-state index contributed by atoms with van der Waals surface area (Å²) < 4.78 is 5.55. The van der Waals surface area contributed by atoms with Crippen LogP contribution >= 0.6 is 0 Å². The molecule has 0 aromatic heterocycles. The maximum atomic E-state index is 8.85. The van der Waals surface area contributed by atoms with E-state index >= 15 is 0 Å². The molecule has 0 radical (unpaired) electrons. The van der Waals surface area contributed by atoms with Gasteiger partial charge in [0.15, 0.2) is 9.04 Å². The summed E-state index contributed by atoms with van der Waals surface area (Å²) in [7, 11) is -1.35. The van der Waals surface area contributed by atoms with Crippen LogP contribution in [0.4, 0.5) is 0 Å². The fourth-order valence-corrected chi connectivity index (χ4v) is 2.31. The van der Waals surface area contributed by atoms with Crippen LogP contribution in [-0.4, -0.2) is 39.1 Å². The second kappa shape index (κ2) is 7.73. The van der Waals surface area contributed by atoms with Gasteiger partial charge in [0.2, 0.25) is 0 Å². The molecule has 0 aromatic rings. The number of rotatable bonds is 7. The molecule has 0 aliphatic rings. The Morgan fingerprint density at radius 3 is 2.33 bits per heavy atom. The first-order valence-corrected chi connectivity index (χ1v) is 6.88. The minimum absolute atomic E-state index is 0.00172. The molecule has 0 saturated carbocycles. The minimum atomic E-state index is -1.35. The highest BCUT2D eigenvalue weighted by Crippen LogP contribution is 2.09. The predicted octanol–water partition coefficient (Wildman–Crippen LogP) is 0.511. The molecule has 0 bridgehead atoms. The zero-order valence-corrected chi connectivity index (χ0v) is 9.15. The summed E-state index contributed by atoms with van der Waals surface area (Å²) in [6, 6.07) is 0. The molecule has 0 amide bonds. The highest BCUT2D eigenvalue weighted by Gasteiger charge is 2.17. The topological polar surface area (TPSA) is 49.7 Å². The number of aliphatic hydroxyl groups excluding tert-OH is 2. The van der Waals surface area contributed by atoms with Crippen LogP contribution < -0.4 is 0 Å². The summed E-state index contributed by atoms with van der Waals surface area (Å²) >= 11 is 0. The lowest BCUT2D eigenvalue weighted by Gasteiger charge is -2.18. The van der Waals surface area contributed by atoms with Gasteiger partial charge in [0.25, 0.3) is 0 Å². The van der Waals surface area contributed by atoms with Crippen LogP contribution in [0.5, 0.6) is 0 Å². The van der Waals surface area contributed by atoms with Crippen LogP contribution in [0.1, 0.15) is 19.8 Å². The molecule has 0 heterocycles. The van der Waals surface area contributed by atoms with Crippen molar-refractivity contribution in [2.45, 2.75) is 31.9 Å². The SMILES string of the molecule is CCCCO[SiH](C)C(CO)CO. The molecule has 1 atom stereocenters. The summed E-state index contributed by atoms with van der Waals surface area (Å²) in [5.41, 5.74) is 0.00172. The van der Waals surface area contributed by atoms with Crippen molar-refractivity contribution in [1.29, 1.82) is 0 Å². The number of unbranched alkanes of at least 4 members (excludes halogenated alkanes) is 1. The molecule has 0 aliphatic carbocycles. The van der Waals surface area contributed by atoms with E-state index in [1.54, 1.807) is 0 Å². The van der Waals surface area contributed by atoms with Crippen LogP contribution in [0.25, 0.3) is 0 Å². The van der Waals surface area contributed by atoms with Crippen LogP contribution in [0.2, 0.25) is 12.1 Å². The van der Waals surface area contributed by atoms with E-state index in [2.05, 4.69) is 6.92 Å². The Labute approximate surface area is 76.1 Å². The van der Waals surface area contributed by atoms with Crippen LogP contribution in [0, 0.1) is 0 Å². The smallest absolute Gasteiger partial charge is 0.181 e. The zero-order valence-electron chi connectivity index (χ0n) is 7.99. The highest BCUT2D eigenvalue weighted by atomic mass is 28.3. The third kappa shape index (κ3) is 4.87. The largest absolute Gasteiger partial charge is 0.420 e. The van der Waals surface area contributed by atoms with Gasteiger partial charge >= 0.3 is 0 Å². The first-order chi connectivity index (χ1) is 5.76. The first kappa shape index (κ1) is 12.1. The van der Waals surface area contributed by atoms with Gasteiger partial charge in [-0.2, -0.15) is 0 Å². The molecule has 3 nitrogen and oxygen atoms in total. The molecular formula is C8H20O3Si. The van der Waals surface area contributed by atoms with Gasteiger partial charge in [-0.15, -0.1) is 0 Å². The quantitative estimate of drug-likeness (QED) is 0.456. The maximum Gasteiger partial charge on any atom is 0.181 e. The van der Waals surface area contributed by atoms with Gasteiger partial charge in [-0.3, -0.25) is 0 Å². The average Bonchev–Trinajstić information content (AvgIpc) is 2.07. The van der Waals surface area contributed by atoms with Crippen molar-refractivity contribution in [2.24, 2.45) is 0 Å². The highest BCUT2D eigenvalue weighted by molar-refractivity contribution is 6.52. The molecular weight excluding hydrogens is 172 g/mol. The second-order valence-electron chi connectivity index (χ2n) is 3.05. The van der Waals surface area contributed by atoms with Gasteiger partial charge < -0.3 is 14.6 Å². The Morgan fingerprint density at radius 2 is 1.92 bits per heavy atom. The molecule has 0 spiro atoms. The lowest BCUT2D eigenvalue weighted by molar-refractivity contribution is 0.200. The van der Waals surface area contributed by atoms with Crippen molar-refractivity contribution < 1.29 is 14.6 Å². The van der Waals surface area contributed by atoms with Crippen molar-refractivity contribution in [1.82, 2.24) is 0 Å². The Morgan fingerprint density at radius 1 is 1.33 bits per heavy atom. The standard InChI is InChI=1S/C8H20O3Si/c1-3-4-5-11-12(2)8(6-9)7-10/h8-10,12H,3-7H2,1-2H3. The molecule has 0 saturated heterocycles. The van der Waals surface area contributed by atoms with Crippen molar-refractivity contribution in [3.05, 3.63) is 0 Å². The van der Waals surface area contributed by atoms with E-state index in [1.807, 2.05) is 6.55 Å². The van der Waals surface area contributed by atoms with Crippen LogP contribution in [0.15, 0.2) is 0 Å². The Kier molecular flexibility index (Phi) is 7.79. The average molecular weight is 192 g/mol. The van der Waals surface area contributed by atoms with E-state index in [0.29, 0.717) is 0 Å². The molecule has 1 unspecified atom stereocenters. The van der Waals surface area contributed by atoms with E-state index in [-0.39, 0.29) is 18.8 Å². The summed E-state index contributed by atoms with van der Waals surface area (Å²) in [5.74, 6) is 0. The molecule has 12 heavy (non-hydrogen) atoms. The molecule has 0 fully saturated rings. The van der Waals surface area contributed by atoms with E-state index in [4.69, 9.17) is 14.6 Å². The summed E-state index contributed by atoms with van der Waals surface area (Å²) in [5, 5.41) is 17.7. The maximum absolute atomic E-state index is 8.85. The molecule has 0 aromatic carbocycles. The van der Waals surface area contributed by atoms with Gasteiger partial charge in [-0.05, 0) is 13.0 Å². The van der Waals surface area contributed by atoms with Crippen molar-refractivity contribution in [3.8, 4) is 0 Å². The molecule has 2 N–H and O–H groups in total. The third-order valence-electron chi connectivity index (χ3n) is 2.01. The summed E-state index contributed by atoms with van der Waals surface area (Å²) in [6.45, 7) is 5.02. The number of hydrogen-bond donors (Lipinski definition) is 2. The fourth-order valence-electron chi connectivity index (χ4n) is 0.904. The lowest BCUT2D eigenvalue weighted by atomic mass is 10.4. The fraction of sp³-hybridized carbons (Fsp3) is 1.00. The van der Waals surface area contributed by atoms with Crippen molar-refractivity contribution in [2.75, 3.05) is 19.8 Å². The molecule has 4 heteroatoms. The minimum Gasteiger partial charge on any atom is -0.420 e. The van der Waals surface area contributed by atoms with Gasteiger partial charge in [0.1, 0.15) is 0 Å². The van der Waals surface area contributed by atoms with Crippen LogP contribution in [0.3, 0.4) is 0 Å². The zero-order chi connectivity index (χ0) is 9.40.